The molecule has 0 saturated carbocycles. The number of rotatable bonds is 5. The van der Waals surface area contributed by atoms with E-state index in [9.17, 15) is 17.6 Å². The van der Waals surface area contributed by atoms with Crippen molar-refractivity contribution in [1.29, 1.82) is 0 Å². The number of ether oxygens (including phenoxy) is 1. The maximum absolute atomic E-state index is 14.2. The first-order valence-corrected chi connectivity index (χ1v) is 12.3. The molecule has 2 heterocycles. The monoisotopic (exact) mass is 477 g/mol. The summed E-state index contributed by atoms with van der Waals surface area (Å²) in [6.45, 7) is 3.81. The fourth-order valence-corrected chi connectivity index (χ4v) is 6.34. The number of methoxy groups -OCH3 is 1. The van der Waals surface area contributed by atoms with Gasteiger partial charge in [-0.1, -0.05) is 6.07 Å². The van der Waals surface area contributed by atoms with E-state index in [4.69, 9.17) is 4.74 Å². The van der Waals surface area contributed by atoms with Crippen LogP contribution in [0.2, 0.25) is 0 Å². The number of hydrogen-bond donors (Lipinski definition) is 1. The van der Waals surface area contributed by atoms with Crippen molar-refractivity contribution < 1.29 is 22.3 Å². The Morgan fingerprint density at radius 1 is 1.16 bits per heavy atom. The number of benzene rings is 2. The molecule has 1 aromatic heterocycles. The van der Waals surface area contributed by atoms with Gasteiger partial charge >= 0.3 is 0 Å². The summed E-state index contributed by atoms with van der Waals surface area (Å²) in [4.78, 5) is 15.6. The largest absolute Gasteiger partial charge is 0.495 e. The standard InChI is InChI=1S/C22H24FN3O4S2/c1-14-20-16(23)5-4-6-19(20)31-21(14)22(27)24-17-13-15(7-8-18(17)30-3)32(28,29)26-11-9-25(2)10-12-26/h4-8,13H,9-12H2,1-3H3,(H,24,27). The molecule has 32 heavy (non-hydrogen) atoms. The molecule has 3 aromatic rings. The molecule has 0 unspecified atom stereocenters. The molecule has 0 aliphatic carbocycles. The van der Waals surface area contributed by atoms with Crippen molar-refractivity contribution in [1.82, 2.24) is 9.21 Å². The van der Waals surface area contributed by atoms with Crippen molar-refractivity contribution in [3.63, 3.8) is 0 Å². The van der Waals surface area contributed by atoms with Gasteiger partial charge in [-0.15, -0.1) is 11.3 Å². The van der Waals surface area contributed by atoms with Gasteiger partial charge in [0.15, 0.2) is 0 Å². The summed E-state index contributed by atoms with van der Waals surface area (Å²) >= 11 is 1.19. The molecule has 1 fully saturated rings. The predicted molar refractivity (Wildman–Crippen MR) is 124 cm³/mol. The summed E-state index contributed by atoms with van der Waals surface area (Å²) in [7, 11) is -0.319. The minimum atomic E-state index is -3.71. The van der Waals surface area contributed by atoms with Crippen molar-refractivity contribution in [2.24, 2.45) is 0 Å². The van der Waals surface area contributed by atoms with E-state index in [0.29, 0.717) is 52.5 Å². The van der Waals surface area contributed by atoms with Crippen molar-refractivity contribution in [2.75, 3.05) is 45.7 Å². The molecule has 1 amide bonds. The fraction of sp³-hybridized carbons (Fsp3) is 0.318. The molecule has 0 spiro atoms. The molecular weight excluding hydrogens is 453 g/mol. The Hall–Kier alpha value is -2.53. The number of fused-ring (bicyclic) bond motifs is 1. The Bertz CT molecular complexity index is 1280. The lowest BCUT2D eigenvalue weighted by Gasteiger charge is -2.31. The second-order valence-electron chi connectivity index (χ2n) is 7.69. The van der Waals surface area contributed by atoms with E-state index >= 15 is 0 Å². The normalized spacial score (nSPS) is 15.8. The molecule has 170 valence electrons. The predicted octanol–water partition coefficient (Wildman–Crippen LogP) is 3.55. The van der Waals surface area contributed by atoms with Gasteiger partial charge in [0.05, 0.1) is 22.6 Å². The molecule has 1 aliphatic heterocycles. The zero-order valence-electron chi connectivity index (χ0n) is 18.0. The van der Waals surface area contributed by atoms with Gasteiger partial charge in [-0.2, -0.15) is 4.31 Å². The molecule has 0 bridgehead atoms. The third-order valence-corrected chi connectivity index (χ3v) is 8.78. The van der Waals surface area contributed by atoms with Crippen molar-refractivity contribution in [3.8, 4) is 5.75 Å². The number of carbonyl (C=O) groups is 1. The first-order valence-electron chi connectivity index (χ1n) is 10.1. The molecule has 4 rings (SSSR count). The van der Waals surface area contributed by atoms with E-state index in [2.05, 4.69) is 10.2 Å². The van der Waals surface area contributed by atoms with Crippen LogP contribution in [0.3, 0.4) is 0 Å². The highest BCUT2D eigenvalue weighted by atomic mass is 32.2. The van der Waals surface area contributed by atoms with E-state index in [-0.39, 0.29) is 16.4 Å². The van der Waals surface area contributed by atoms with Crippen LogP contribution >= 0.6 is 11.3 Å². The Morgan fingerprint density at radius 2 is 1.88 bits per heavy atom. The van der Waals surface area contributed by atoms with E-state index in [1.807, 2.05) is 7.05 Å². The van der Waals surface area contributed by atoms with Crippen molar-refractivity contribution in [2.45, 2.75) is 11.8 Å². The lowest BCUT2D eigenvalue weighted by Crippen LogP contribution is -2.47. The van der Waals surface area contributed by atoms with Crippen LogP contribution < -0.4 is 10.1 Å². The Balaban J connectivity index is 1.66. The number of nitrogens with zero attached hydrogens (tertiary/aromatic N) is 2. The fourth-order valence-electron chi connectivity index (χ4n) is 3.77. The first-order chi connectivity index (χ1) is 15.2. The smallest absolute Gasteiger partial charge is 0.266 e. The number of nitrogens with one attached hydrogen (secondary N) is 1. The van der Waals surface area contributed by atoms with Crippen LogP contribution in [0.5, 0.6) is 5.75 Å². The highest BCUT2D eigenvalue weighted by Crippen LogP contribution is 2.35. The number of likely N-dealkylation sites (N-methyl/N-ethyl adjacent to an activating group) is 1. The van der Waals surface area contributed by atoms with E-state index in [0.717, 1.165) is 0 Å². The van der Waals surface area contributed by atoms with Gasteiger partial charge in [0.2, 0.25) is 10.0 Å². The number of aryl methyl sites for hydroxylation is 1. The minimum Gasteiger partial charge on any atom is -0.495 e. The lowest BCUT2D eigenvalue weighted by atomic mass is 10.1. The summed E-state index contributed by atoms with van der Waals surface area (Å²) in [5.74, 6) is -0.496. The van der Waals surface area contributed by atoms with Crippen molar-refractivity contribution >= 4 is 43.0 Å². The average molecular weight is 478 g/mol. The number of halogens is 1. The van der Waals surface area contributed by atoms with Crippen molar-refractivity contribution in [3.05, 3.63) is 52.7 Å². The summed E-state index contributed by atoms with van der Waals surface area (Å²) in [6.07, 6.45) is 0. The quantitative estimate of drug-likeness (QED) is 0.608. The van der Waals surface area contributed by atoms with Crippen LogP contribution in [-0.2, 0) is 10.0 Å². The second-order valence-corrected chi connectivity index (χ2v) is 10.7. The molecule has 1 aliphatic rings. The topological polar surface area (TPSA) is 79.0 Å². The molecule has 0 atom stereocenters. The number of amides is 1. The molecule has 7 nitrogen and oxygen atoms in total. The van der Waals surface area contributed by atoms with Gasteiger partial charge < -0.3 is 15.0 Å². The summed E-state index contributed by atoms with van der Waals surface area (Å²) in [5.41, 5.74) is 0.783. The van der Waals surface area contributed by atoms with Gasteiger partial charge in [0.25, 0.3) is 5.91 Å². The summed E-state index contributed by atoms with van der Waals surface area (Å²) < 4.78 is 47.9. The second kappa shape index (κ2) is 8.78. The highest BCUT2D eigenvalue weighted by Gasteiger charge is 2.28. The molecular formula is C22H24FN3O4S2. The van der Waals surface area contributed by atoms with Gasteiger partial charge in [-0.05, 0) is 49.9 Å². The number of thiophene rings is 1. The van der Waals surface area contributed by atoms with Crippen LogP contribution in [0.25, 0.3) is 10.1 Å². The molecule has 10 heteroatoms. The van der Waals surface area contributed by atoms with Gasteiger partial charge in [-0.3, -0.25) is 4.79 Å². The molecule has 0 radical (unpaired) electrons. The number of sulfonamides is 1. The van der Waals surface area contributed by atoms with E-state index in [1.54, 1.807) is 19.1 Å². The third-order valence-electron chi connectivity index (χ3n) is 5.63. The SMILES string of the molecule is COc1ccc(S(=O)(=O)N2CCN(C)CC2)cc1NC(=O)c1sc2cccc(F)c2c1C. The highest BCUT2D eigenvalue weighted by molar-refractivity contribution is 7.89. The van der Waals surface area contributed by atoms with Gasteiger partial charge in [0.1, 0.15) is 11.6 Å². The van der Waals surface area contributed by atoms with Gasteiger partial charge in [0, 0.05) is 36.3 Å². The van der Waals surface area contributed by atoms with Crippen LogP contribution in [0.1, 0.15) is 15.2 Å². The molecule has 2 aromatic carbocycles. The average Bonchev–Trinajstić information content (AvgIpc) is 3.12. The van der Waals surface area contributed by atoms with Crippen LogP contribution in [-0.4, -0.2) is 63.9 Å². The molecule has 1 saturated heterocycles. The van der Waals surface area contributed by atoms with Gasteiger partial charge in [-0.25, -0.2) is 12.8 Å². The summed E-state index contributed by atoms with van der Waals surface area (Å²) in [6, 6.07) is 9.13. The summed E-state index contributed by atoms with van der Waals surface area (Å²) in [5, 5.41) is 3.17. The minimum absolute atomic E-state index is 0.0808. The Labute approximate surface area is 190 Å². The Kier molecular flexibility index (Phi) is 6.22. The van der Waals surface area contributed by atoms with Crippen LogP contribution in [0.4, 0.5) is 10.1 Å². The lowest BCUT2D eigenvalue weighted by molar-refractivity contribution is 0.102. The first kappa shape index (κ1) is 22.7. The van der Waals surface area contributed by atoms with E-state index in [1.165, 1.54) is 47.0 Å². The Morgan fingerprint density at radius 3 is 2.53 bits per heavy atom. The maximum atomic E-state index is 14.2. The molecule has 1 N–H and O–H groups in total. The van der Waals surface area contributed by atoms with Crippen LogP contribution in [0, 0.1) is 12.7 Å². The zero-order chi connectivity index (χ0) is 23.0. The number of hydrogen-bond acceptors (Lipinski definition) is 6. The maximum Gasteiger partial charge on any atom is 0.266 e. The zero-order valence-corrected chi connectivity index (χ0v) is 19.6. The number of anilines is 1. The van der Waals surface area contributed by atoms with Crippen LogP contribution in [0.15, 0.2) is 41.3 Å². The third kappa shape index (κ3) is 4.11. The number of piperazine rings is 1. The number of carbonyl (C=O) groups excluding carboxylic acids is 1. The van der Waals surface area contributed by atoms with E-state index < -0.39 is 15.9 Å².